The number of piperazine rings is 1. The monoisotopic (exact) mass is 315 g/mol. The van der Waals surface area contributed by atoms with E-state index < -0.39 is 0 Å². The molecular formula is C14H22ClN3O3. The lowest BCUT2D eigenvalue weighted by Gasteiger charge is -2.34. The van der Waals surface area contributed by atoms with Crippen LogP contribution in [0.3, 0.4) is 0 Å². The van der Waals surface area contributed by atoms with Gasteiger partial charge in [0.25, 0.3) is 5.91 Å². The number of furan rings is 1. The third-order valence-electron chi connectivity index (χ3n) is 3.47. The molecule has 0 bridgehead atoms. The van der Waals surface area contributed by atoms with Gasteiger partial charge in [-0.15, -0.1) is 12.4 Å². The SMILES string of the molecule is CNCCCC(=O)N1CCN(C(=O)c2ccco2)CC1.Cl. The van der Waals surface area contributed by atoms with Crippen LogP contribution in [0.5, 0.6) is 0 Å². The Balaban J connectivity index is 0.00000220. The van der Waals surface area contributed by atoms with Gasteiger partial charge in [-0.2, -0.15) is 0 Å². The first-order valence-electron chi connectivity index (χ1n) is 6.97. The van der Waals surface area contributed by atoms with Crippen molar-refractivity contribution in [2.24, 2.45) is 0 Å². The molecule has 2 amide bonds. The molecule has 0 radical (unpaired) electrons. The van der Waals surface area contributed by atoms with E-state index in [-0.39, 0.29) is 24.2 Å². The van der Waals surface area contributed by atoms with Crippen LogP contribution >= 0.6 is 12.4 Å². The highest BCUT2D eigenvalue weighted by atomic mass is 35.5. The molecule has 1 N–H and O–H groups in total. The summed E-state index contributed by atoms with van der Waals surface area (Å²) in [6.45, 7) is 3.19. The lowest BCUT2D eigenvalue weighted by atomic mass is 10.2. The molecule has 6 nitrogen and oxygen atoms in total. The third-order valence-corrected chi connectivity index (χ3v) is 3.47. The number of halogens is 1. The molecule has 1 aromatic rings. The van der Waals surface area contributed by atoms with Crippen LogP contribution in [0.15, 0.2) is 22.8 Å². The first kappa shape index (κ1) is 17.5. The van der Waals surface area contributed by atoms with Crippen molar-refractivity contribution in [3.8, 4) is 0 Å². The van der Waals surface area contributed by atoms with E-state index >= 15 is 0 Å². The van der Waals surface area contributed by atoms with Crippen LogP contribution in [-0.4, -0.2) is 61.4 Å². The minimum absolute atomic E-state index is 0. The van der Waals surface area contributed by atoms with Crippen molar-refractivity contribution in [1.29, 1.82) is 0 Å². The van der Waals surface area contributed by atoms with Crippen LogP contribution in [0.25, 0.3) is 0 Å². The summed E-state index contributed by atoms with van der Waals surface area (Å²) in [4.78, 5) is 27.6. The van der Waals surface area contributed by atoms with Gasteiger partial charge in [0.15, 0.2) is 5.76 Å². The second kappa shape index (κ2) is 8.69. The Morgan fingerprint density at radius 1 is 1.24 bits per heavy atom. The summed E-state index contributed by atoms with van der Waals surface area (Å²) in [5, 5.41) is 3.03. The smallest absolute Gasteiger partial charge is 0.289 e. The minimum Gasteiger partial charge on any atom is -0.459 e. The molecule has 7 heteroatoms. The first-order chi connectivity index (χ1) is 9.72. The highest BCUT2D eigenvalue weighted by Crippen LogP contribution is 2.10. The van der Waals surface area contributed by atoms with Gasteiger partial charge in [0.2, 0.25) is 5.91 Å². The van der Waals surface area contributed by atoms with E-state index in [1.165, 1.54) is 6.26 Å². The van der Waals surface area contributed by atoms with E-state index in [2.05, 4.69) is 5.32 Å². The minimum atomic E-state index is -0.0997. The highest BCUT2D eigenvalue weighted by Gasteiger charge is 2.25. The van der Waals surface area contributed by atoms with E-state index in [0.29, 0.717) is 38.4 Å². The molecule has 0 aliphatic carbocycles. The Morgan fingerprint density at radius 2 is 1.90 bits per heavy atom. The second-order valence-corrected chi connectivity index (χ2v) is 4.86. The van der Waals surface area contributed by atoms with Gasteiger partial charge in [-0.1, -0.05) is 0 Å². The molecule has 1 aromatic heterocycles. The van der Waals surface area contributed by atoms with Crippen molar-refractivity contribution in [2.45, 2.75) is 12.8 Å². The molecule has 1 saturated heterocycles. The van der Waals surface area contributed by atoms with Crippen molar-refractivity contribution in [1.82, 2.24) is 15.1 Å². The molecule has 21 heavy (non-hydrogen) atoms. The Labute approximate surface area is 130 Å². The highest BCUT2D eigenvalue weighted by molar-refractivity contribution is 5.91. The summed E-state index contributed by atoms with van der Waals surface area (Å²) in [7, 11) is 1.88. The summed E-state index contributed by atoms with van der Waals surface area (Å²) in [5.41, 5.74) is 0. The van der Waals surface area contributed by atoms with Gasteiger partial charge in [0.1, 0.15) is 0 Å². The lowest BCUT2D eigenvalue weighted by molar-refractivity contribution is -0.132. The number of nitrogens with one attached hydrogen (secondary N) is 1. The summed E-state index contributed by atoms with van der Waals surface area (Å²) >= 11 is 0. The maximum Gasteiger partial charge on any atom is 0.289 e. The van der Waals surface area contributed by atoms with Crippen LogP contribution in [0.1, 0.15) is 23.4 Å². The van der Waals surface area contributed by atoms with Crippen molar-refractivity contribution in [3.05, 3.63) is 24.2 Å². The summed E-state index contributed by atoms with van der Waals surface area (Å²) in [6.07, 6.45) is 2.91. The van der Waals surface area contributed by atoms with Crippen molar-refractivity contribution < 1.29 is 14.0 Å². The maximum atomic E-state index is 12.1. The predicted molar refractivity (Wildman–Crippen MR) is 81.6 cm³/mol. The van der Waals surface area contributed by atoms with Crippen LogP contribution < -0.4 is 5.32 Å². The molecule has 2 heterocycles. The topological polar surface area (TPSA) is 65.8 Å². The summed E-state index contributed by atoms with van der Waals surface area (Å²) in [6, 6.07) is 3.37. The molecule has 0 unspecified atom stereocenters. The van der Waals surface area contributed by atoms with Gasteiger partial charge in [-0.3, -0.25) is 9.59 Å². The molecule has 0 aromatic carbocycles. The van der Waals surface area contributed by atoms with Crippen molar-refractivity contribution >= 4 is 24.2 Å². The second-order valence-electron chi connectivity index (χ2n) is 4.86. The zero-order valence-corrected chi connectivity index (χ0v) is 13.0. The summed E-state index contributed by atoms with van der Waals surface area (Å²) in [5.74, 6) is 0.432. The van der Waals surface area contributed by atoms with Crippen molar-refractivity contribution in [3.63, 3.8) is 0 Å². The fraction of sp³-hybridized carbons (Fsp3) is 0.571. The average molecular weight is 316 g/mol. The van der Waals surface area contributed by atoms with Gasteiger partial charge in [0, 0.05) is 32.6 Å². The van der Waals surface area contributed by atoms with E-state index in [1.54, 1.807) is 17.0 Å². The number of amides is 2. The summed E-state index contributed by atoms with van der Waals surface area (Å²) < 4.78 is 5.11. The third kappa shape index (κ3) is 4.75. The molecular weight excluding hydrogens is 294 g/mol. The normalized spacial score (nSPS) is 14.7. The van der Waals surface area contributed by atoms with Gasteiger partial charge in [0.05, 0.1) is 6.26 Å². The average Bonchev–Trinajstić information content (AvgIpc) is 3.01. The zero-order valence-electron chi connectivity index (χ0n) is 12.2. The largest absolute Gasteiger partial charge is 0.459 e. The molecule has 1 aliphatic rings. The molecule has 118 valence electrons. The standard InChI is InChI=1S/C14H21N3O3.ClH/c1-15-6-2-5-13(18)16-7-9-17(10-8-16)14(19)12-4-3-11-20-12;/h3-4,11,15H,2,5-10H2,1H3;1H. The number of carbonyl (C=O) groups excluding carboxylic acids is 2. The number of carbonyl (C=O) groups is 2. The zero-order chi connectivity index (χ0) is 14.4. The van der Waals surface area contributed by atoms with Gasteiger partial charge < -0.3 is 19.5 Å². The quantitative estimate of drug-likeness (QED) is 0.823. The molecule has 0 atom stereocenters. The molecule has 0 spiro atoms. The van der Waals surface area contributed by atoms with Crippen LogP contribution in [0.4, 0.5) is 0 Å². The number of rotatable bonds is 5. The molecule has 1 fully saturated rings. The van der Waals surface area contributed by atoms with Gasteiger partial charge >= 0.3 is 0 Å². The van der Waals surface area contributed by atoms with E-state index in [4.69, 9.17) is 4.42 Å². The Morgan fingerprint density at radius 3 is 2.48 bits per heavy atom. The molecule has 0 saturated carbocycles. The number of nitrogens with zero attached hydrogens (tertiary/aromatic N) is 2. The first-order valence-corrected chi connectivity index (χ1v) is 6.97. The van der Waals surface area contributed by atoms with Crippen LogP contribution in [-0.2, 0) is 4.79 Å². The van der Waals surface area contributed by atoms with E-state index in [9.17, 15) is 9.59 Å². The Kier molecular flexibility index (Phi) is 7.25. The number of hydrogen-bond acceptors (Lipinski definition) is 4. The van der Waals surface area contributed by atoms with Crippen molar-refractivity contribution in [2.75, 3.05) is 39.8 Å². The molecule has 1 aliphatic heterocycles. The lowest BCUT2D eigenvalue weighted by Crippen LogP contribution is -2.50. The fourth-order valence-corrected chi connectivity index (χ4v) is 2.29. The Bertz CT molecular complexity index is 442. The van der Waals surface area contributed by atoms with Gasteiger partial charge in [-0.05, 0) is 32.1 Å². The van der Waals surface area contributed by atoms with E-state index in [1.807, 2.05) is 11.9 Å². The van der Waals surface area contributed by atoms with Crippen LogP contribution in [0.2, 0.25) is 0 Å². The Hall–Kier alpha value is -1.53. The van der Waals surface area contributed by atoms with Crippen LogP contribution in [0, 0.1) is 0 Å². The van der Waals surface area contributed by atoms with Gasteiger partial charge in [-0.25, -0.2) is 0 Å². The number of hydrogen-bond donors (Lipinski definition) is 1. The maximum absolute atomic E-state index is 12.1. The predicted octanol–water partition coefficient (Wildman–Crippen LogP) is 0.985. The molecule has 2 rings (SSSR count). The van der Waals surface area contributed by atoms with E-state index in [0.717, 1.165) is 13.0 Å². The fourth-order valence-electron chi connectivity index (χ4n) is 2.29.